The van der Waals surface area contributed by atoms with Gasteiger partial charge in [-0.1, -0.05) is 90.1 Å². The number of nitrogens with two attached hydrogens (primary N) is 2. The van der Waals surface area contributed by atoms with Gasteiger partial charge in [-0.2, -0.15) is 0 Å². The van der Waals surface area contributed by atoms with E-state index in [0.717, 1.165) is 24.8 Å². The molecular formula is C33H55N5O5. The summed E-state index contributed by atoms with van der Waals surface area (Å²) in [4.78, 5) is 41.9. The zero-order valence-electron chi connectivity index (χ0n) is 26.6. The maximum Gasteiger partial charge on any atom is 0.266 e. The van der Waals surface area contributed by atoms with Crippen LogP contribution in [-0.2, 0) is 25.5 Å². The van der Waals surface area contributed by atoms with Gasteiger partial charge in [0.05, 0.1) is 25.4 Å². The van der Waals surface area contributed by atoms with Crippen molar-refractivity contribution in [2.24, 2.45) is 35.1 Å². The Hall–Kier alpha value is -2.37. The van der Waals surface area contributed by atoms with Crippen LogP contribution >= 0.6 is 0 Å². The number of hydrazine groups is 1. The molecule has 0 spiro atoms. The van der Waals surface area contributed by atoms with E-state index in [-0.39, 0.29) is 24.7 Å². The first-order valence-electron chi connectivity index (χ1n) is 16.2. The second kappa shape index (κ2) is 17.2. The van der Waals surface area contributed by atoms with Gasteiger partial charge in [-0.15, -0.1) is 0 Å². The van der Waals surface area contributed by atoms with E-state index in [2.05, 4.69) is 5.32 Å². The van der Waals surface area contributed by atoms with Gasteiger partial charge in [-0.3, -0.25) is 14.4 Å². The number of amides is 3. The molecule has 242 valence electrons. The van der Waals surface area contributed by atoms with Gasteiger partial charge >= 0.3 is 0 Å². The Bertz CT molecular complexity index is 1010. The Morgan fingerprint density at radius 1 is 0.977 bits per heavy atom. The van der Waals surface area contributed by atoms with Crippen molar-refractivity contribution in [1.29, 1.82) is 0 Å². The number of rotatable bonds is 14. The molecule has 10 nitrogen and oxygen atoms in total. The maximum atomic E-state index is 14.4. The fourth-order valence-corrected chi connectivity index (χ4v) is 6.12. The van der Waals surface area contributed by atoms with Gasteiger partial charge in [0.15, 0.2) is 0 Å². The normalized spacial score (nSPS) is 20.3. The number of benzene rings is 1. The Kier molecular flexibility index (Phi) is 14.0. The predicted octanol–water partition coefficient (Wildman–Crippen LogP) is 2.62. The standard InChI is InChI=1S/C33H55N5O5/c1-22(2)26(21-29(39)27(34)19-24-11-7-5-8-12-24)32(41)38(37-15-17-43-18-16-37)33(42)28(20-25-13-9-6-10-14-25)36-31(40)30(35)23(3)4/h6,9-10,13-14,22-24,26-30,39H,5,7-8,11-12,15-21,34-35H2,1-4H3,(H,36,40)/t26-,27-,28?,29-,30?/m0/s1. The third-order valence-electron chi connectivity index (χ3n) is 9.05. The maximum absolute atomic E-state index is 14.4. The number of imide groups is 1. The lowest BCUT2D eigenvalue weighted by atomic mass is 9.81. The van der Waals surface area contributed by atoms with Crippen LogP contribution in [-0.4, -0.2) is 83.4 Å². The molecular weight excluding hydrogens is 546 g/mol. The topological polar surface area (TPSA) is 151 Å². The molecule has 2 aliphatic rings. The minimum atomic E-state index is -1.02. The molecule has 3 amide bonds. The number of nitrogens with zero attached hydrogens (tertiary/aromatic N) is 2. The molecule has 1 saturated heterocycles. The van der Waals surface area contributed by atoms with E-state index in [1.807, 2.05) is 58.0 Å². The molecule has 1 saturated carbocycles. The summed E-state index contributed by atoms with van der Waals surface area (Å²) in [7, 11) is 0. The van der Waals surface area contributed by atoms with Crippen LogP contribution in [0.4, 0.5) is 0 Å². The van der Waals surface area contributed by atoms with E-state index in [1.165, 1.54) is 24.3 Å². The van der Waals surface area contributed by atoms with Gasteiger partial charge < -0.3 is 26.6 Å². The van der Waals surface area contributed by atoms with Crippen molar-refractivity contribution in [2.45, 2.75) is 103 Å². The Balaban J connectivity index is 1.87. The van der Waals surface area contributed by atoms with E-state index in [4.69, 9.17) is 16.2 Å². The van der Waals surface area contributed by atoms with Crippen molar-refractivity contribution in [3.8, 4) is 0 Å². The van der Waals surface area contributed by atoms with Crippen LogP contribution in [0.15, 0.2) is 30.3 Å². The van der Waals surface area contributed by atoms with Gasteiger partial charge in [0.25, 0.3) is 5.91 Å². The van der Waals surface area contributed by atoms with Crippen molar-refractivity contribution in [3.63, 3.8) is 0 Å². The molecule has 0 bridgehead atoms. The quantitative estimate of drug-likeness (QED) is 0.254. The lowest BCUT2D eigenvalue weighted by molar-refractivity contribution is -0.177. The SMILES string of the molecule is CC(C)C(N)C(=O)NC(Cc1ccccc1)C(=O)N(C(=O)[C@@H](C[C@H](O)[C@@H](N)CC1CCCCC1)C(C)C)N1CCOCC1. The number of hydrogen-bond acceptors (Lipinski definition) is 8. The third kappa shape index (κ3) is 10.4. The number of aliphatic hydroxyl groups excluding tert-OH is 1. The summed E-state index contributed by atoms with van der Waals surface area (Å²) in [6.45, 7) is 8.98. The van der Waals surface area contributed by atoms with E-state index >= 15 is 0 Å². The summed E-state index contributed by atoms with van der Waals surface area (Å²) in [5.41, 5.74) is 13.5. The zero-order chi connectivity index (χ0) is 31.5. The average Bonchev–Trinajstić information content (AvgIpc) is 3.00. The molecule has 1 aliphatic carbocycles. The first-order valence-corrected chi connectivity index (χ1v) is 16.2. The van der Waals surface area contributed by atoms with Crippen molar-refractivity contribution < 1.29 is 24.2 Å². The Morgan fingerprint density at radius 3 is 2.19 bits per heavy atom. The van der Waals surface area contributed by atoms with Gasteiger partial charge in [-0.05, 0) is 36.2 Å². The first kappa shape index (κ1) is 35.1. The van der Waals surface area contributed by atoms with Gasteiger partial charge in [-0.25, -0.2) is 10.0 Å². The van der Waals surface area contributed by atoms with Crippen molar-refractivity contribution in [1.82, 2.24) is 15.3 Å². The van der Waals surface area contributed by atoms with Gasteiger partial charge in [0.1, 0.15) is 6.04 Å². The molecule has 0 aromatic heterocycles. The summed E-state index contributed by atoms with van der Waals surface area (Å²) in [5, 5.41) is 17.0. The molecule has 6 N–H and O–H groups in total. The minimum Gasteiger partial charge on any atom is -0.391 e. The molecule has 1 aromatic carbocycles. The highest BCUT2D eigenvalue weighted by Crippen LogP contribution is 2.30. The fourth-order valence-electron chi connectivity index (χ4n) is 6.12. The molecule has 2 unspecified atom stereocenters. The molecule has 3 rings (SSSR count). The van der Waals surface area contributed by atoms with Gasteiger partial charge in [0.2, 0.25) is 11.8 Å². The van der Waals surface area contributed by atoms with Crippen LogP contribution in [0.2, 0.25) is 0 Å². The molecule has 1 heterocycles. The summed E-state index contributed by atoms with van der Waals surface area (Å²) in [5.74, 6) is -1.80. The molecule has 10 heteroatoms. The monoisotopic (exact) mass is 601 g/mol. The number of carbonyl (C=O) groups excluding carboxylic acids is 3. The van der Waals surface area contributed by atoms with Crippen molar-refractivity contribution in [3.05, 3.63) is 35.9 Å². The van der Waals surface area contributed by atoms with Crippen LogP contribution in [0.5, 0.6) is 0 Å². The largest absolute Gasteiger partial charge is 0.391 e. The fraction of sp³-hybridized carbons (Fsp3) is 0.727. The molecule has 43 heavy (non-hydrogen) atoms. The highest BCUT2D eigenvalue weighted by atomic mass is 16.5. The summed E-state index contributed by atoms with van der Waals surface area (Å²) in [6, 6.07) is 7.14. The smallest absolute Gasteiger partial charge is 0.266 e. The summed E-state index contributed by atoms with van der Waals surface area (Å²) >= 11 is 0. The molecule has 1 aliphatic heterocycles. The second-order valence-corrected chi connectivity index (χ2v) is 13.1. The number of ether oxygens (including phenoxy) is 1. The summed E-state index contributed by atoms with van der Waals surface area (Å²) < 4.78 is 5.53. The van der Waals surface area contributed by atoms with Gasteiger partial charge in [0, 0.05) is 31.5 Å². The van der Waals surface area contributed by atoms with Crippen LogP contribution in [0.25, 0.3) is 0 Å². The van der Waals surface area contributed by atoms with E-state index in [0.29, 0.717) is 32.2 Å². The van der Waals surface area contributed by atoms with E-state index in [1.54, 1.807) is 5.01 Å². The van der Waals surface area contributed by atoms with Crippen molar-refractivity contribution in [2.75, 3.05) is 26.3 Å². The summed E-state index contributed by atoms with van der Waals surface area (Å²) in [6.07, 6.45) is 6.11. The van der Waals surface area contributed by atoms with E-state index in [9.17, 15) is 19.5 Å². The number of nitrogens with one attached hydrogen (secondary N) is 1. The highest BCUT2D eigenvalue weighted by molar-refractivity contribution is 6.00. The first-order chi connectivity index (χ1) is 20.5. The number of hydrogen-bond donors (Lipinski definition) is 4. The van der Waals surface area contributed by atoms with Crippen LogP contribution in [0.1, 0.15) is 78.2 Å². The number of morpholine rings is 1. The minimum absolute atomic E-state index is 0.130. The molecule has 0 radical (unpaired) electrons. The van der Waals surface area contributed by atoms with Crippen molar-refractivity contribution >= 4 is 17.7 Å². The van der Waals surface area contributed by atoms with Crippen LogP contribution in [0.3, 0.4) is 0 Å². The number of carbonyl (C=O) groups is 3. The Labute approximate surface area is 257 Å². The molecule has 5 atom stereocenters. The zero-order valence-corrected chi connectivity index (χ0v) is 26.6. The second-order valence-electron chi connectivity index (χ2n) is 13.1. The van der Waals surface area contributed by atoms with E-state index < -0.39 is 47.9 Å². The number of aliphatic hydroxyl groups is 1. The third-order valence-corrected chi connectivity index (χ3v) is 9.05. The molecule has 1 aromatic rings. The lowest BCUT2D eigenvalue weighted by Crippen LogP contribution is -2.62. The molecule has 2 fully saturated rings. The highest BCUT2D eigenvalue weighted by Gasteiger charge is 2.41. The lowest BCUT2D eigenvalue weighted by Gasteiger charge is -2.40. The van der Waals surface area contributed by atoms with Crippen LogP contribution < -0.4 is 16.8 Å². The van der Waals surface area contributed by atoms with Crippen LogP contribution in [0, 0.1) is 23.7 Å². The Morgan fingerprint density at radius 2 is 1.60 bits per heavy atom. The predicted molar refractivity (Wildman–Crippen MR) is 167 cm³/mol. The average molecular weight is 602 g/mol.